The first-order chi connectivity index (χ1) is 7.69. The van der Waals surface area contributed by atoms with Crippen LogP contribution in [0, 0.1) is 0 Å². The molecule has 0 aliphatic carbocycles. The molecule has 0 aromatic heterocycles. The van der Waals surface area contributed by atoms with Crippen LogP contribution in [0.1, 0.15) is 10.4 Å². The second kappa shape index (κ2) is 6.48. The van der Waals surface area contributed by atoms with E-state index >= 15 is 0 Å². The van der Waals surface area contributed by atoms with Crippen LogP contribution in [-0.4, -0.2) is 41.2 Å². The van der Waals surface area contributed by atoms with Gasteiger partial charge in [0.15, 0.2) is 5.78 Å². The number of para-hydroxylation sites is 1. The van der Waals surface area contributed by atoms with Crippen LogP contribution < -0.4 is 4.74 Å². The van der Waals surface area contributed by atoms with Crippen molar-refractivity contribution >= 4 is 17.4 Å². The highest BCUT2D eigenvalue weighted by Gasteiger charge is 2.12. The van der Waals surface area contributed by atoms with Crippen molar-refractivity contribution in [3.63, 3.8) is 0 Å². The zero-order valence-corrected chi connectivity index (χ0v) is 9.35. The van der Waals surface area contributed by atoms with Gasteiger partial charge in [-0.05, 0) is 12.1 Å². The van der Waals surface area contributed by atoms with Gasteiger partial charge in [0.05, 0.1) is 11.4 Å². The van der Waals surface area contributed by atoms with Crippen LogP contribution in [-0.2, 0) is 0 Å². The van der Waals surface area contributed by atoms with Gasteiger partial charge in [0.1, 0.15) is 25.1 Å². The highest BCUT2D eigenvalue weighted by Crippen LogP contribution is 2.18. The summed E-state index contributed by atoms with van der Waals surface area (Å²) in [5, 5.41) is 18.0. The van der Waals surface area contributed by atoms with E-state index in [4.69, 9.17) is 21.4 Å². The third kappa shape index (κ3) is 3.48. The molecule has 0 saturated heterocycles. The predicted octanol–water partition coefficient (Wildman–Crippen LogP) is 0.840. The van der Waals surface area contributed by atoms with Gasteiger partial charge in [0, 0.05) is 0 Å². The smallest absolute Gasteiger partial charge is 0.191 e. The molecule has 1 aromatic rings. The molecule has 16 heavy (non-hydrogen) atoms. The van der Waals surface area contributed by atoms with Crippen LogP contribution in [0.4, 0.5) is 0 Å². The average molecular weight is 245 g/mol. The molecule has 88 valence electrons. The first-order valence-corrected chi connectivity index (χ1v) is 5.32. The van der Waals surface area contributed by atoms with Gasteiger partial charge in [-0.25, -0.2) is 0 Å². The maximum Gasteiger partial charge on any atom is 0.191 e. The summed E-state index contributed by atoms with van der Waals surface area (Å²) in [6.07, 6.45) is -0.779. The fourth-order valence-corrected chi connectivity index (χ4v) is 1.23. The van der Waals surface area contributed by atoms with Gasteiger partial charge < -0.3 is 14.9 Å². The van der Waals surface area contributed by atoms with E-state index in [2.05, 4.69) is 0 Å². The van der Waals surface area contributed by atoms with Gasteiger partial charge in [-0.1, -0.05) is 12.1 Å². The van der Waals surface area contributed by atoms with E-state index in [0.717, 1.165) is 0 Å². The Balaban J connectivity index is 2.75. The van der Waals surface area contributed by atoms with Crippen molar-refractivity contribution in [1.82, 2.24) is 0 Å². The zero-order valence-electron chi connectivity index (χ0n) is 8.60. The van der Waals surface area contributed by atoms with Crippen LogP contribution in [0.25, 0.3) is 0 Å². The molecule has 5 heteroatoms. The molecular formula is C11H13ClO4. The number of aliphatic hydroxyl groups is 2. The van der Waals surface area contributed by atoms with E-state index in [1.807, 2.05) is 0 Å². The third-order valence-corrected chi connectivity index (χ3v) is 2.30. The number of rotatable bonds is 6. The minimum Gasteiger partial charge on any atom is -0.490 e. The van der Waals surface area contributed by atoms with Crippen molar-refractivity contribution in [1.29, 1.82) is 0 Å². The molecule has 1 rings (SSSR count). The average Bonchev–Trinajstić information content (AvgIpc) is 2.35. The van der Waals surface area contributed by atoms with Crippen molar-refractivity contribution in [2.24, 2.45) is 0 Å². The quantitative estimate of drug-likeness (QED) is 0.575. The van der Waals surface area contributed by atoms with Crippen molar-refractivity contribution in [2.45, 2.75) is 6.10 Å². The van der Waals surface area contributed by atoms with Gasteiger partial charge in [-0.15, -0.1) is 11.6 Å². The zero-order chi connectivity index (χ0) is 12.0. The standard InChI is InChI=1S/C11H13ClO4/c12-5-8(14)7-16-11-4-2-1-3-9(11)10(15)6-13/h1-4,8,13-14H,5-7H2. The Morgan fingerprint density at radius 1 is 1.44 bits per heavy atom. The lowest BCUT2D eigenvalue weighted by Gasteiger charge is -2.12. The lowest BCUT2D eigenvalue weighted by atomic mass is 10.1. The maximum absolute atomic E-state index is 11.3. The Morgan fingerprint density at radius 2 is 2.12 bits per heavy atom. The van der Waals surface area contributed by atoms with Gasteiger partial charge in [-0.2, -0.15) is 0 Å². The summed E-state index contributed by atoms with van der Waals surface area (Å²) >= 11 is 5.41. The van der Waals surface area contributed by atoms with Crippen molar-refractivity contribution in [3.05, 3.63) is 29.8 Å². The van der Waals surface area contributed by atoms with Crippen LogP contribution in [0.15, 0.2) is 24.3 Å². The molecule has 0 aliphatic heterocycles. The number of hydrogen-bond donors (Lipinski definition) is 2. The monoisotopic (exact) mass is 244 g/mol. The van der Waals surface area contributed by atoms with Crippen LogP contribution in [0.2, 0.25) is 0 Å². The van der Waals surface area contributed by atoms with Crippen LogP contribution >= 0.6 is 11.6 Å². The number of carbonyl (C=O) groups excluding carboxylic acids is 1. The number of carbonyl (C=O) groups is 1. The van der Waals surface area contributed by atoms with E-state index in [-0.39, 0.29) is 12.5 Å². The minimum atomic E-state index is -0.779. The first-order valence-electron chi connectivity index (χ1n) is 4.79. The van der Waals surface area contributed by atoms with Crippen LogP contribution in [0.5, 0.6) is 5.75 Å². The molecule has 0 radical (unpaired) electrons. The molecule has 1 atom stereocenters. The van der Waals surface area contributed by atoms with Crippen molar-refractivity contribution in [2.75, 3.05) is 19.1 Å². The number of Topliss-reactive ketones (excluding diaryl/α,β-unsaturated/α-hetero) is 1. The summed E-state index contributed by atoms with van der Waals surface area (Å²) in [5.41, 5.74) is 0.298. The molecule has 0 amide bonds. The van der Waals surface area contributed by atoms with Gasteiger partial charge in [0.2, 0.25) is 0 Å². The molecule has 1 unspecified atom stereocenters. The number of ether oxygens (including phenoxy) is 1. The number of aliphatic hydroxyl groups excluding tert-OH is 2. The Morgan fingerprint density at radius 3 is 2.75 bits per heavy atom. The number of benzene rings is 1. The lowest BCUT2D eigenvalue weighted by molar-refractivity contribution is 0.0891. The van der Waals surface area contributed by atoms with E-state index in [1.165, 1.54) is 0 Å². The van der Waals surface area contributed by atoms with Gasteiger partial charge in [0.25, 0.3) is 0 Å². The highest BCUT2D eigenvalue weighted by atomic mass is 35.5. The maximum atomic E-state index is 11.3. The summed E-state index contributed by atoms with van der Waals surface area (Å²) in [4.78, 5) is 11.3. The molecule has 0 bridgehead atoms. The SMILES string of the molecule is O=C(CO)c1ccccc1OCC(O)CCl. The van der Waals surface area contributed by atoms with E-state index in [0.29, 0.717) is 11.3 Å². The van der Waals surface area contributed by atoms with Gasteiger partial charge in [-0.3, -0.25) is 4.79 Å². The van der Waals surface area contributed by atoms with Crippen molar-refractivity contribution < 1.29 is 19.7 Å². The molecule has 0 aliphatic rings. The predicted molar refractivity (Wildman–Crippen MR) is 60.1 cm³/mol. The molecule has 0 saturated carbocycles. The first kappa shape index (κ1) is 13.0. The molecule has 0 spiro atoms. The Hall–Kier alpha value is -1.10. The van der Waals surface area contributed by atoms with Crippen LogP contribution in [0.3, 0.4) is 0 Å². The fraction of sp³-hybridized carbons (Fsp3) is 0.364. The molecule has 1 aromatic carbocycles. The Kier molecular flexibility index (Phi) is 5.25. The summed E-state index contributed by atoms with van der Waals surface area (Å²) in [6, 6.07) is 6.54. The molecule has 0 heterocycles. The highest BCUT2D eigenvalue weighted by molar-refractivity contribution is 6.18. The molecule has 2 N–H and O–H groups in total. The number of halogens is 1. The number of alkyl halides is 1. The Bertz CT molecular complexity index is 354. The molecule has 0 fully saturated rings. The fourth-order valence-electron chi connectivity index (χ4n) is 1.14. The largest absolute Gasteiger partial charge is 0.490 e. The normalized spacial score (nSPS) is 12.2. The summed E-state index contributed by atoms with van der Waals surface area (Å²) < 4.78 is 5.25. The van der Waals surface area contributed by atoms with Gasteiger partial charge >= 0.3 is 0 Å². The van der Waals surface area contributed by atoms with E-state index in [1.54, 1.807) is 24.3 Å². The second-order valence-electron chi connectivity index (χ2n) is 3.20. The molecule has 4 nitrogen and oxygen atoms in total. The summed E-state index contributed by atoms with van der Waals surface area (Å²) in [5.74, 6) is -0.0162. The van der Waals surface area contributed by atoms with E-state index < -0.39 is 18.5 Å². The number of hydrogen-bond acceptors (Lipinski definition) is 4. The summed E-state index contributed by atoms with van der Waals surface area (Å²) in [7, 11) is 0. The number of ketones is 1. The topological polar surface area (TPSA) is 66.8 Å². The Labute approximate surface area is 98.4 Å². The second-order valence-corrected chi connectivity index (χ2v) is 3.51. The van der Waals surface area contributed by atoms with Crippen molar-refractivity contribution in [3.8, 4) is 5.75 Å². The third-order valence-electron chi connectivity index (χ3n) is 1.94. The summed E-state index contributed by atoms with van der Waals surface area (Å²) in [6.45, 7) is -0.558. The van der Waals surface area contributed by atoms with E-state index in [9.17, 15) is 9.90 Å². The minimum absolute atomic E-state index is 0.0131. The lowest BCUT2D eigenvalue weighted by Crippen LogP contribution is -2.20. The molecular weight excluding hydrogens is 232 g/mol.